The molecule has 0 aliphatic carbocycles. The molecular weight excluding hydrogens is 336 g/mol. The van der Waals surface area contributed by atoms with E-state index in [1.807, 2.05) is 18.2 Å². The van der Waals surface area contributed by atoms with Crippen LogP contribution in [0.15, 0.2) is 30.3 Å². The Balaban J connectivity index is 1.90. The van der Waals surface area contributed by atoms with Gasteiger partial charge in [0, 0.05) is 13.1 Å². The molecule has 7 heteroatoms. The number of amides is 2. The summed E-state index contributed by atoms with van der Waals surface area (Å²) in [6.45, 7) is 3.98. The van der Waals surface area contributed by atoms with Crippen LogP contribution in [0.4, 0.5) is 0 Å². The fraction of sp³-hybridized carbons (Fsp3) is 0.526. The van der Waals surface area contributed by atoms with Gasteiger partial charge in [0.15, 0.2) is 6.61 Å². The van der Waals surface area contributed by atoms with Crippen molar-refractivity contribution in [3.05, 3.63) is 30.3 Å². The minimum atomic E-state index is -1.29. The highest BCUT2D eigenvalue weighted by Crippen LogP contribution is 2.19. The number of nitrogens with one attached hydrogen (secondary N) is 1. The van der Waals surface area contributed by atoms with Crippen LogP contribution in [0.1, 0.15) is 33.1 Å². The van der Waals surface area contributed by atoms with Crippen molar-refractivity contribution in [1.82, 2.24) is 10.2 Å². The Morgan fingerprint density at radius 3 is 2.62 bits per heavy atom. The largest absolute Gasteiger partial charge is 0.484 e. The molecule has 0 spiro atoms. The summed E-state index contributed by atoms with van der Waals surface area (Å²) in [7, 11) is 0. The van der Waals surface area contributed by atoms with Crippen LogP contribution in [-0.2, 0) is 14.4 Å². The number of rotatable bonds is 7. The molecule has 2 rings (SSSR count). The van der Waals surface area contributed by atoms with Gasteiger partial charge in [0.2, 0.25) is 5.91 Å². The molecule has 1 aromatic carbocycles. The zero-order chi connectivity index (χ0) is 19.2. The Morgan fingerprint density at radius 1 is 1.31 bits per heavy atom. The highest BCUT2D eigenvalue weighted by atomic mass is 16.5. The molecule has 1 aromatic rings. The number of aliphatic carboxylic acids is 1. The summed E-state index contributed by atoms with van der Waals surface area (Å²) in [6.07, 6.45) is 1.62. The maximum atomic E-state index is 12.5. The topological polar surface area (TPSA) is 95.9 Å². The van der Waals surface area contributed by atoms with Gasteiger partial charge in [-0.05, 0) is 38.3 Å². The Bertz CT molecular complexity index is 649. The van der Waals surface area contributed by atoms with Crippen LogP contribution < -0.4 is 10.1 Å². The van der Waals surface area contributed by atoms with E-state index in [2.05, 4.69) is 5.32 Å². The molecule has 0 bridgehead atoms. The first-order valence-electron chi connectivity index (χ1n) is 8.86. The van der Waals surface area contributed by atoms with Gasteiger partial charge in [-0.25, -0.2) is 4.79 Å². The van der Waals surface area contributed by atoms with E-state index in [1.165, 1.54) is 6.92 Å². The Kier molecular flexibility index (Phi) is 6.60. The maximum absolute atomic E-state index is 12.5. The summed E-state index contributed by atoms with van der Waals surface area (Å²) >= 11 is 0. The lowest BCUT2D eigenvalue weighted by atomic mass is 9.93. The van der Waals surface area contributed by atoms with Crippen molar-refractivity contribution < 1.29 is 24.2 Å². The first-order valence-corrected chi connectivity index (χ1v) is 8.86. The van der Waals surface area contributed by atoms with Gasteiger partial charge in [0.1, 0.15) is 11.3 Å². The predicted octanol–water partition coefficient (Wildman–Crippen LogP) is 1.67. The zero-order valence-corrected chi connectivity index (χ0v) is 15.2. The molecule has 2 amide bonds. The molecule has 26 heavy (non-hydrogen) atoms. The van der Waals surface area contributed by atoms with Crippen LogP contribution in [0.25, 0.3) is 0 Å². The molecule has 142 valence electrons. The number of para-hydroxylation sites is 1. The number of piperidine rings is 1. The van der Waals surface area contributed by atoms with Gasteiger partial charge in [-0.3, -0.25) is 9.59 Å². The van der Waals surface area contributed by atoms with Crippen molar-refractivity contribution in [2.45, 2.75) is 38.6 Å². The summed E-state index contributed by atoms with van der Waals surface area (Å²) in [5.74, 6) is -1.35. The zero-order valence-electron chi connectivity index (χ0n) is 15.2. The van der Waals surface area contributed by atoms with Gasteiger partial charge < -0.3 is 20.1 Å². The Labute approximate surface area is 153 Å². The standard InChI is InChI=1S/C19H26N2O5/c1-3-19(2,18(24)25)20-17(23)14-8-7-11-21(12-14)16(22)13-26-15-9-5-4-6-10-15/h4-6,9-10,14H,3,7-8,11-13H2,1-2H3,(H,20,23)(H,24,25). The summed E-state index contributed by atoms with van der Waals surface area (Å²) in [6, 6.07) is 9.07. The van der Waals surface area contributed by atoms with Crippen molar-refractivity contribution in [2.24, 2.45) is 5.92 Å². The molecule has 2 unspecified atom stereocenters. The smallest absolute Gasteiger partial charge is 0.329 e. The second-order valence-corrected chi connectivity index (χ2v) is 6.76. The van der Waals surface area contributed by atoms with Crippen molar-refractivity contribution in [3.63, 3.8) is 0 Å². The van der Waals surface area contributed by atoms with Crippen LogP contribution in [0.3, 0.4) is 0 Å². The average molecular weight is 362 g/mol. The molecule has 0 aromatic heterocycles. The number of ether oxygens (including phenoxy) is 1. The molecular formula is C19H26N2O5. The summed E-state index contributed by atoms with van der Waals surface area (Å²) < 4.78 is 5.48. The average Bonchev–Trinajstić information content (AvgIpc) is 2.66. The Hall–Kier alpha value is -2.57. The van der Waals surface area contributed by atoms with E-state index >= 15 is 0 Å². The van der Waals surface area contributed by atoms with Crippen LogP contribution >= 0.6 is 0 Å². The number of benzene rings is 1. The quantitative estimate of drug-likeness (QED) is 0.769. The number of carboxylic acid groups (broad SMARTS) is 1. The molecule has 0 saturated carbocycles. The third kappa shape index (κ3) is 4.97. The third-order valence-corrected chi connectivity index (χ3v) is 4.83. The van der Waals surface area contributed by atoms with Gasteiger partial charge in [-0.2, -0.15) is 0 Å². The van der Waals surface area contributed by atoms with Gasteiger partial charge in [0.25, 0.3) is 5.91 Å². The molecule has 2 atom stereocenters. The molecule has 1 aliphatic heterocycles. The minimum absolute atomic E-state index is 0.0832. The summed E-state index contributed by atoms with van der Waals surface area (Å²) in [4.78, 5) is 37.8. The fourth-order valence-electron chi connectivity index (χ4n) is 2.84. The van der Waals surface area contributed by atoms with E-state index in [0.717, 1.165) is 0 Å². The van der Waals surface area contributed by atoms with Gasteiger partial charge in [-0.1, -0.05) is 25.1 Å². The van der Waals surface area contributed by atoms with E-state index in [4.69, 9.17) is 4.74 Å². The van der Waals surface area contributed by atoms with Crippen molar-refractivity contribution in [2.75, 3.05) is 19.7 Å². The second kappa shape index (κ2) is 8.69. The van der Waals surface area contributed by atoms with Gasteiger partial charge in [0.05, 0.1) is 5.92 Å². The lowest BCUT2D eigenvalue weighted by molar-refractivity contribution is -0.148. The number of carbonyl (C=O) groups excluding carboxylic acids is 2. The van der Waals surface area contributed by atoms with Crippen LogP contribution in [0.5, 0.6) is 5.75 Å². The van der Waals surface area contributed by atoms with Crippen molar-refractivity contribution in [3.8, 4) is 5.75 Å². The summed E-state index contributed by atoms with van der Waals surface area (Å²) in [5, 5.41) is 11.9. The number of hydrogen-bond donors (Lipinski definition) is 2. The van der Waals surface area contributed by atoms with Crippen molar-refractivity contribution >= 4 is 17.8 Å². The molecule has 1 aliphatic rings. The van der Waals surface area contributed by atoms with E-state index < -0.39 is 17.4 Å². The van der Waals surface area contributed by atoms with E-state index in [9.17, 15) is 19.5 Å². The highest BCUT2D eigenvalue weighted by molar-refractivity contribution is 5.88. The van der Waals surface area contributed by atoms with E-state index in [1.54, 1.807) is 24.0 Å². The number of carboxylic acids is 1. The predicted molar refractivity (Wildman–Crippen MR) is 95.7 cm³/mol. The molecule has 2 N–H and O–H groups in total. The van der Waals surface area contributed by atoms with E-state index in [-0.39, 0.29) is 31.4 Å². The molecule has 1 heterocycles. The first-order chi connectivity index (χ1) is 12.4. The third-order valence-electron chi connectivity index (χ3n) is 4.83. The number of hydrogen-bond acceptors (Lipinski definition) is 4. The lowest BCUT2D eigenvalue weighted by Crippen LogP contribution is -2.55. The monoisotopic (exact) mass is 362 g/mol. The number of nitrogens with zero attached hydrogens (tertiary/aromatic N) is 1. The second-order valence-electron chi connectivity index (χ2n) is 6.76. The van der Waals surface area contributed by atoms with Gasteiger partial charge in [-0.15, -0.1) is 0 Å². The van der Waals surface area contributed by atoms with Crippen LogP contribution in [-0.4, -0.2) is 53.0 Å². The highest BCUT2D eigenvalue weighted by Gasteiger charge is 2.36. The Morgan fingerprint density at radius 2 is 2.00 bits per heavy atom. The van der Waals surface area contributed by atoms with Crippen LogP contribution in [0, 0.1) is 5.92 Å². The fourth-order valence-corrected chi connectivity index (χ4v) is 2.84. The number of likely N-dealkylation sites (tertiary alicyclic amines) is 1. The summed E-state index contributed by atoms with van der Waals surface area (Å²) in [5.41, 5.74) is -1.29. The normalized spacial score (nSPS) is 19.3. The molecule has 0 radical (unpaired) electrons. The molecule has 1 fully saturated rings. The van der Waals surface area contributed by atoms with Crippen molar-refractivity contribution in [1.29, 1.82) is 0 Å². The maximum Gasteiger partial charge on any atom is 0.329 e. The minimum Gasteiger partial charge on any atom is -0.484 e. The SMILES string of the molecule is CCC(C)(NC(=O)C1CCCN(C(=O)COc2ccccc2)C1)C(=O)O. The van der Waals surface area contributed by atoms with Crippen LogP contribution in [0.2, 0.25) is 0 Å². The van der Waals surface area contributed by atoms with E-state index in [0.29, 0.717) is 25.1 Å². The lowest BCUT2D eigenvalue weighted by Gasteiger charge is -2.34. The number of carbonyl (C=O) groups is 3. The molecule has 7 nitrogen and oxygen atoms in total. The first kappa shape index (κ1) is 19.8. The molecule has 1 saturated heterocycles. The van der Waals surface area contributed by atoms with Gasteiger partial charge >= 0.3 is 5.97 Å².